The maximum Gasteiger partial charge on any atom is 0.119 e. The molecule has 31 heavy (non-hydrogen) atoms. The van der Waals surface area contributed by atoms with E-state index in [2.05, 4.69) is 69.0 Å². The lowest BCUT2D eigenvalue weighted by molar-refractivity contribution is 0.122. The molecule has 1 aromatic heterocycles. The number of imidazole rings is 1. The zero-order valence-electron chi connectivity index (χ0n) is 18.0. The Kier molecular flexibility index (Phi) is 5.35. The van der Waals surface area contributed by atoms with Gasteiger partial charge in [0, 0.05) is 24.5 Å². The van der Waals surface area contributed by atoms with E-state index in [0.717, 1.165) is 48.8 Å². The normalized spacial score (nSPS) is 14.4. The third kappa shape index (κ3) is 4.14. The molecule has 5 rings (SSSR count). The van der Waals surface area contributed by atoms with E-state index in [1.807, 2.05) is 32.3 Å². The molecule has 1 saturated heterocycles. The topological polar surface area (TPSA) is 39.5 Å². The largest absolute Gasteiger partial charge is 0.491 e. The third-order valence-corrected chi connectivity index (χ3v) is 5.61. The predicted molar refractivity (Wildman–Crippen MR) is 125 cm³/mol. The summed E-state index contributed by atoms with van der Waals surface area (Å²) in [6.07, 6.45) is 2.05. The molecule has 0 amide bonds. The van der Waals surface area contributed by atoms with E-state index in [-0.39, 0.29) is 6.10 Å². The molecular weight excluding hydrogens is 386 g/mol. The van der Waals surface area contributed by atoms with Gasteiger partial charge in [-0.1, -0.05) is 18.2 Å². The molecule has 5 nitrogen and oxygen atoms in total. The SMILES string of the molecule is CC(C)Oc1ccc(-n2cnc3ccc(-c4ccc(N5CCOCC5)cc4)cc32)cc1. The van der Waals surface area contributed by atoms with Crippen LogP contribution < -0.4 is 9.64 Å². The van der Waals surface area contributed by atoms with Crippen molar-refractivity contribution in [1.82, 2.24) is 9.55 Å². The highest BCUT2D eigenvalue weighted by Crippen LogP contribution is 2.28. The minimum Gasteiger partial charge on any atom is -0.491 e. The fourth-order valence-electron chi connectivity index (χ4n) is 4.04. The Morgan fingerprint density at radius 3 is 2.23 bits per heavy atom. The molecule has 1 aliphatic rings. The van der Waals surface area contributed by atoms with Crippen LogP contribution in [0.2, 0.25) is 0 Å². The molecule has 0 aliphatic carbocycles. The summed E-state index contributed by atoms with van der Waals surface area (Å²) in [7, 11) is 0. The molecule has 0 N–H and O–H groups in total. The van der Waals surface area contributed by atoms with Crippen molar-refractivity contribution in [2.24, 2.45) is 0 Å². The van der Waals surface area contributed by atoms with Crippen molar-refractivity contribution in [1.29, 1.82) is 0 Å². The minimum absolute atomic E-state index is 0.164. The Labute approximate surface area is 182 Å². The van der Waals surface area contributed by atoms with Gasteiger partial charge in [0.15, 0.2) is 0 Å². The summed E-state index contributed by atoms with van der Waals surface area (Å²) in [5.74, 6) is 0.879. The molecule has 158 valence electrons. The van der Waals surface area contributed by atoms with Crippen LogP contribution in [0.1, 0.15) is 13.8 Å². The first kappa shape index (κ1) is 19.6. The Hall–Kier alpha value is -3.31. The number of anilines is 1. The van der Waals surface area contributed by atoms with Crippen LogP contribution in [0.25, 0.3) is 27.8 Å². The molecule has 0 radical (unpaired) electrons. The molecule has 0 unspecified atom stereocenters. The molecule has 5 heteroatoms. The number of rotatable bonds is 5. The van der Waals surface area contributed by atoms with Gasteiger partial charge in [-0.25, -0.2) is 4.98 Å². The van der Waals surface area contributed by atoms with Crippen molar-refractivity contribution in [2.45, 2.75) is 20.0 Å². The molecule has 1 fully saturated rings. The van der Waals surface area contributed by atoms with Crippen LogP contribution in [0.5, 0.6) is 5.75 Å². The lowest BCUT2D eigenvalue weighted by atomic mass is 10.0. The molecule has 0 saturated carbocycles. The summed E-state index contributed by atoms with van der Waals surface area (Å²) >= 11 is 0. The number of hydrogen-bond acceptors (Lipinski definition) is 4. The number of hydrogen-bond donors (Lipinski definition) is 0. The summed E-state index contributed by atoms with van der Waals surface area (Å²) < 4.78 is 13.4. The highest BCUT2D eigenvalue weighted by molar-refractivity contribution is 5.84. The van der Waals surface area contributed by atoms with Gasteiger partial charge in [-0.05, 0) is 73.5 Å². The van der Waals surface area contributed by atoms with Crippen molar-refractivity contribution < 1.29 is 9.47 Å². The summed E-state index contributed by atoms with van der Waals surface area (Å²) in [6.45, 7) is 7.57. The number of ether oxygens (including phenoxy) is 2. The van der Waals surface area contributed by atoms with Crippen LogP contribution in [0.4, 0.5) is 5.69 Å². The van der Waals surface area contributed by atoms with Crippen molar-refractivity contribution in [3.63, 3.8) is 0 Å². The van der Waals surface area contributed by atoms with Crippen molar-refractivity contribution in [3.05, 3.63) is 73.1 Å². The quantitative estimate of drug-likeness (QED) is 0.444. The summed E-state index contributed by atoms with van der Waals surface area (Å²) in [4.78, 5) is 6.96. The van der Waals surface area contributed by atoms with Gasteiger partial charge in [-0.3, -0.25) is 4.57 Å². The van der Waals surface area contributed by atoms with Gasteiger partial charge < -0.3 is 14.4 Å². The van der Waals surface area contributed by atoms with Crippen LogP contribution in [-0.2, 0) is 4.74 Å². The Balaban J connectivity index is 1.43. The van der Waals surface area contributed by atoms with Gasteiger partial charge in [-0.2, -0.15) is 0 Å². The maximum absolute atomic E-state index is 5.77. The van der Waals surface area contributed by atoms with Gasteiger partial charge in [0.2, 0.25) is 0 Å². The molecule has 3 aromatic carbocycles. The summed E-state index contributed by atoms with van der Waals surface area (Å²) in [5, 5.41) is 0. The molecule has 0 atom stereocenters. The van der Waals surface area contributed by atoms with Crippen LogP contribution in [0.3, 0.4) is 0 Å². The molecular formula is C26H27N3O2. The monoisotopic (exact) mass is 413 g/mol. The highest BCUT2D eigenvalue weighted by Gasteiger charge is 2.12. The number of fused-ring (bicyclic) bond motifs is 1. The second-order valence-corrected chi connectivity index (χ2v) is 8.12. The first-order valence-electron chi connectivity index (χ1n) is 10.8. The van der Waals surface area contributed by atoms with Gasteiger partial charge in [0.25, 0.3) is 0 Å². The van der Waals surface area contributed by atoms with Crippen LogP contribution in [0, 0.1) is 0 Å². The van der Waals surface area contributed by atoms with Gasteiger partial charge in [0.05, 0.1) is 30.4 Å². The highest BCUT2D eigenvalue weighted by atomic mass is 16.5. The second-order valence-electron chi connectivity index (χ2n) is 8.12. The zero-order chi connectivity index (χ0) is 21.2. The third-order valence-electron chi connectivity index (χ3n) is 5.61. The number of morpholine rings is 1. The Morgan fingerprint density at radius 2 is 1.52 bits per heavy atom. The first-order chi connectivity index (χ1) is 15.2. The minimum atomic E-state index is 0.164. The first-order valence-corrected chi connectivity index (χ1v) is 10.8. The molecule has 0 spiro atoms. The molecule has 1 aliphatic heterocycles. The lowest BCUT2D eigenvalue weighted by Crippen LogP contribution is -2.36. The Morgan fingerprint density at radius 1 is 0.839 bits per heavy atom. The smallest absolute Gasteiger partial charge is 0.119 e. The van der Waals surface area contributed by atoms with Gasteiger partial charge in [0.1, 0.15) is 12.1 Å². The average Bonchev–Trinajstić information content (AvgIpc) is 3.23. The second kappa shape index (κ2) is 8.44. The van der Waals surface area contributed by atoms with E-state index in [4.69, 9.17) is 9.47 Å². The Bertz CT molecular complexity index is 1160. The average molecular weight is 414 g/mol. The fourth-order valence-corrected chi connectivity index (χ4v) is 4.04. The van der Waals surface area contributed by atoms with E-state index in [1.54, 1.807) is 0 Å². The van der Waals surface area contributed by atoms with Gasteiger partial charge in [-0.15, -0.1) is 0 Å². The van der Waals surface area contributed by atoms with E-state index in [1.165, 1.54) is 16.8 Å². The number of nitrogens with zero attached hydrogens (tertiary/aromatic N) is 3. The number of aromatic nitrogens is 2. The maximum atomic E-state index is 5.77. The fraction of sp³-hybridized carbons (Fsp3) is 0.269. The lowest BCUT2D eigenvalue weighted by Gasteiger charge is -2.28. The van der Waals surface area contributed by atoms with Crippen molar-refractivity contribution in [3.8, 4) is 22.6 Å². The summed E-state index contributed by atoms with van der Waals surface area (Å²) in [6, 6.07) is 23.4. The van der Waals surface area contributed by atoms with Gasteiger partial charge >= 0.3 is 0 Å². The van der Waals surface area contributed by atoms with Crippen LogP contribution in [-0.4, -0.2) is 42.0 Å². The van der Waals surface area contributed by atoms with Crippen molar-refractivity contribution >= 4 is 16.7 Å². The molecule has 4 aromatic rings. The van der Waals surface area contributed by atoms with E-state index in [0.29, 0.717) is 0 Å². The zero-order valence-corrected chi connectivity index (χ0v) is 18.0. The van der Waals surface area contributed by atoms with Crippen LogP contribution >= 0.6 is 0 Å². The number of benzene rings is 3. The standard InChI is InChI=1S/C26H27N3O2/c1-19(2)31-24-10-8-23(9-11-24)29-18-27-25-12-5-21(17-26(25)29)20-3-6-22(7-4-20)28-13-15-30-16-14-28/h3-12,17-19H,13-16H2,1-2H3. The van der Waals surface area contributed by atoms with E-state index in [9.17, 15) is 0 Å². The van der Waals surface area contributed by atoms with E-state index < -0.39 is 0 Å². The molecule has 2 heterocycles. The van der Waals surface area contributed by atoms with Crippen LogP contribution in [0.15, 0.2) is 73.1 Å². The molecule has 0 bridgehead atoms. The van der Waals surface area contributed by atoms with Crippen molar-refractivity contribution in [2.75, 3.05) is 31.2 Å². The summed E-state index contributed by atoms with van der Waals surface area (Å²) in [5.41, 5.74) is 6.78. The predicted octanol–water partition coefficient (Wildman–Crippen LogP) is 5.32. The van der Waals surface area contributed by atoms with E-state index >= 15 is 0 Å².